The first kappa shape index (κ1) is 10.9. The van der Waals surface area contributed by atoms with Gasteiger partial charge in [-0.25, -0.2) is 0 Å². The Labute approximate surface area is 98.0 Å². The van der Waals surface area contributed by atoms with E-state index in [0.29, 0.717) is 11.6 Å². The zero-order chi connectivity index (χ0) is 10.8. The van der Waals surface area contributed by atoms with Crippen molar-refractivity contribution in [1.29, 1.82) is 0 Å². The minimum atomic E-state index is 0.526. The molecule has 15 heavy (non-hydrogen) atoms. The van der Waals surface area contributed by atoms with Crippen molar-refractivity contribution in [3.8, 4) is 0 Å². The summed E-state index contributed by atoms with van der Waals surface area (Å²) >= 11 is 3.48. The largest absolute Gasteiger partial charge is 0.296 e. The Kier molecular flexibility index (Phi) is 3.24. The molecule has 82 valence electrons. The molecule has 0 aromatic carbocycles. The maximum atomic E-state index is 10.8. The highest BCUT2D eigenvalue weighted by Crippen LogP contribution is 2.36. The molecule has 1 fully saturated rings. The molecule has 2 rings (SSSR count). The van der Waals surface area contributed by atoms with Crippen molar-refractivity contribution in [2.45, 2.75) is 38.0 Å². The molecule has 4 heteroatoms. The van der Waals surface area contributed by atoms with E-state index in [1.807, 2.05) is 11.7 Å². The van der Waals surface area contributed by atoms with E-state index >= 15 is 0 Å². The predicted molar refractivity (Wildman–Crippen MR) is 62.1 cm³/mol. The fourth-order valence-electron chi connectivity index (χ4n) is 2.43. The Morgan fingerprint density at radius 3 is 2.60 bits per heavy atom. The number of aldehydes is 1. The van der Waals surface area contributed by atoms with Crippen LogP contribution in [0.1, 0.15) is 54.2 Å². The zero-order valence-corrected chi connectivity index (χ0v) is 10.5. The van der Waals surface area contributed by atoms with Crippen LogP contribution in [0.5, 0.6) is 0 Å². The topological polar surface area (TPSA) is 34.9 Å². The molecular weight excluding hydrogens is 256 g/mol. The number of aromatic nitrogens is 2. The van der Waals surface area contributed by atoms with E-state index in [1.165, 1.54) is 37.8 Å². The Hall–Kier alpha value is -0.640. The minimum absolute atomic E-state index is 0.526. The Morgan fingerprint density at radius 2 is 2.07 bits per heavy atom. The van der Waals surface area contributed by atoms with Gasteiger partial charge in [0.15, 0.2) is 6.29 Å². The van der Waals surface area contributed by atoms with Gasteiger partial charge in [-0.3, -0.25) is 9.48 Å². The fraction of sp³-hybridized carbons (Fsp3) is 0.636. The number of hydrogen-bond donors (Lipinski definition) is 0. The first-order valence-electron chi connectivity index (χ1n) is 5.41. The highest BCUT2D eigenvalue weighted by molar-refractivity contribution is 9.10. The Morgan fingerprint density at radius 1 is 1.40 bits per heavy atom. The van der Waals surface area contributed by atoms with Crippen molar-refractivity contribution in [3.63, 3.8) is 0 Å². The second kappa shape index (κ2) is 4.47. The highest BCUT2D eigenvalue weighted by atomic mass is 79.9. The average molecular weight is 271 g/mol. The molecule has 0 bridgehead atoms. The van der Waals surface area contributed by atoms with E-state index in [4.69, 9.17) is 0 Å². The number of rotatable bonds is 2. The molecule has 1 saturated carbocycles. The third kappa shape index (κ3) is 2.00. The number of nitrogens with zero attached hydrogens (tertiary/aromatic N) is 2. The molecular formula is C11H15BrN2O. The van der Waals surface area contributed by atoms with Crippen molar-refractivity contribution in [3.05, 3.63) is 15.9 Å². The van der Waals surface area contributed by atoms with E-state index < -0.39 is 0 Å². The molecule has 0 amide bonds. The lowest BCUT2D eigenvalue weighted by Gasteiger charge is -2.22. The third-order valence-electron chi connectivity index (χ3n) is 3.16. The molecule has 1 aromatic rings. The van der Waals surface area contributed by atoms with E-state index in [0.717, 1.165) is 10.8 Å². The first-order chi connectivity index (χ1) is 7.24. The lowest BCUT2D eigenvalue weighted by atomic mass is 9.87. The predicted octanol–water partition coefficient (Wildman–Crippen LogP) is 3.04. The monoisotopic (exact) mass is 270 g/mol. The van der Waals surface area contributed by atoms with Gasteiger partial charge in [0.25, 0.3) is 0 Å². The SMILES string of the molecule is Cn1nc(C=O)c(Br)c1C1CCCCC1. The van der Waals surface area contributed by atoms with Gasteiger partial charge in [-0.15, -0.1) is 0 Å². The van der Waals surface area contributed by atoms with Gasteiger partial charge in [0.05, 0.1) is 10.2 Å². The lowest BCUT2D eigenvalue weighted by Crippen LogP contribution is -2.09. The van der Waals surface area contributed by atoms with Gasteiger partial charge in [-0.05, 0) is 28.8 Å². The van der Waals surface area contributed by atoms with Crippen LogP contribution in [0.15, 0.2) is 4.47 Å². The van der Waals surface area contributed by atoms with Crippen LogP contribution in [0.3, 0.4) is 0 Å². The number of carbonyl (C=O) groups excluding carboxylic acids is 1. The molecule has 1 aliphatic rings. The van der Waals surface area contributed by atoms with Crippen molar-refractivity contribution in [2.24, 2.45) is 7.05 Å². The standard InChI is InChI=1S/C11H15BrN2O/c1-14-11(8-5-3-2-4-6-8)10(12)9(7-15)13-14/h7-8H,2-6H2,1H3. The van der Waals surface area contributed by atoms with Crippen molar-refractivity contribution >= 4 is 22.2 Å². The molecule has 0 radical (unpaired) electrons. The summed E-state index contributed by atoms with van der Waals surface area (Å²) in [5.74, 6) is 0.569. The smallest absolute Gasteiger partial charge is 0.171 e. The maximum absolute atomic E-state index is 10.8. The van der Waals surface area contributed by atoms with Gasteiger partial charge >= 0.3 is 0 Å². The quantitative estimate of drug-likeness (QED) is 0.775. The summed E-state index contributed by atoms with van der Waals surface area (Å²) in [4.78, 5) is 10.8. The minimum Gasteiger partial charge on any atom is -0.296 e. The summed E-state index contributed by atoms with van der Waals surface area (Å²) in [6.07, 6.45) is 7.17. The summed E-state index contributed by atoms with van der Waals surface area (Å²) in [5.41, 5.74) is 1.72. The zero-order valence-electron chi connectivity index (χ0n) is 8.87. The fourth-order valence-corrected chi connectivity index (χ4v) is 3.18. The van der Waals surface area contributed by atoms with Gasteiger partial charge in [0, 0.05) is 13.0 Å². The number of carbonyl (C=O) groups is 1. The van der Waals surface area contributed by atoms with Gasteiger partial charge in [0.1, 0.15) is 5.69 Å². The van der Waals surface area contributed by atoms with Gasteiger partial charge in [-0.2, -0.15) is 5.10 Å². The molecule has 1 heterocycles. The summed E-state index contributed by atoms with van der Waals surface area (Å²) in [5, 5.41) is 4.21. The summed E-state index contributed by atoms with van der Waals surface area (Å²) in [7, 11) is 1.92. The summed E-state index contributed by atoms with van der Waals surface area (Å²) in [6.45, 7) is 0. The molecule has 3 nitrogen and oxygen atoms in total. The van der Waals surface area contributed by atoms with Crippen molar-refractivity contribution in [2.75, 3.05) is 0 Å². The number of halogens is 1. The third-order valence-corrected chi connectivity index (χ3v) is 3.97. The molecule has 1 aromatic heterocycles. The Balaban J connectivity index is 2.33. The van der Waals surface area contributed by atoms with Gasteiger partial charge < -0.3 is 0 Å². The normalized spacial score (nSPS) is 18.0. The van der Waals surface area contributed by atoms with Crippen LogP contribution in [0.25, 0.3) is 0 Å². The highest BCUT2D eigenvalue weighted by Gasteiger charge is 2.23. The molecule has 0 atom stereocenters. The molecule has 0 saturated heterocycles. The van der Waals surface area contributed by atoms with Crippen LogP contribution in [0.2, 0.25) is 0 Å². The average Bonchev–Trinajstić information content (AvgIpc) is 2.55. The van der Waals surface area contributed by atoms with Crippen LogP contribution in [0.4, 0.5) is 0 Å². The van der Waals surface area contributed by atoms with Crippen LogP contribution in [-0.2, 0) is 7.05 Å². The summed E-state index contributed by atoms with van der Waals surface area (Å²) in [6, 6.07) is 0. The maximum Gasteiger partial charge on any atom is 0.171 e. The molecule has 1 aliphatic carbocycles. The van der Waals surface area contributed by atoms with Crippen molar-refractivity contribution < 1.29 is 4.79 Å². The van der Waals surface area contributed by atoms with E-state index in [1.54, 1.807) is 0 Å². The molecule has 0 spiro atoms. The lowest BCUT2D eigenvalue weighted by molar-refractivity contribution is 0.111. The second-order valence-corrected chi connectivity index (χ2v) is 4.95. The second-order valence-electron chi connectivity index (χ2n) is 4.16. The van der Waals surface area contributed by atoms with E-state index in [9.17, 15) is 4.79 Å². The van der Waals surface area contributed by atoms with Crippen molar-refractivity contribution in [1.82, 2.24) is 9.78 Å². The van der Waals surface area contributed by atoms with E-state index in [2.05, 4.69) is 21.0 Å². The number of hydrogen-bond acceptors (Lipinski definition) is 2. The van der Waals surface area contributed by atoms with Crippen LogP contribution < -0.4 is 0 Å². The molecule has 0 aliphatic heterocycles. The van der Waals surface area contributed by atoms with Gasteiger partial charge in [-0.1, -0.05) is 19.3 Å². The van der Waals surface area contributed by atoms with Crippen LogP contribution in [0, 0.1) is 0 Å². The van der Waals surface area contributed by atoms with Gasteiger partial charge in [0.2, 0.25) is 0 Å². The number of aryl methyl sites for hydroxylation is 1. The van der Waals surface area contributed by atoms with Crippen LogP contribution >= 0.6 is 15.9 Å². The summed E-state index contributed by atoms with van der Waals surface area (Å²) < 4.78 is 2.75. The van der Waals surface area contributed by atoms with Crippen LogP contribution in [-0.4, -0.2) is 16.1 Å². The Bertz CT molecular complexity index is 367. The van der Waals surface area contributed by atoms with E-state index in [-0.39, 0.29) is 0 Å². The first-order valence-corrected chi connectivity index (χ1v) is 6.21. The molecule has 0 N–H and O–H groups in total. The molecule has 0 unspecified atom stereocenters.